The van der Waals surface area contributed by atoms with E-state index in [2.05, 4.69) is 17.4 Å². The fourth-order valence-corrected chi connectivity index (χ4v) is 4.33. The Balaban J connectivity index is 1.63. The predicted octanol–water partition coefficient (Wildman–Crippen LogP) is 2.22. The number of hydrogen-bond donors (Lipinski definition) is 2. The number of ether oxygens (including phenoxy) is 1. The summed E-state index contributed by atoms with van der Waals surface area (Å²) in [5.41, 5.74) is 1.17. The summed E-state index contributed by atoms with van der Waals surface area (Å²) in [4.78, 5) is 14.1. The minimum absolute atomic E-state index is 0.0762. The van der Waals surface area contributed by atoms with Crippen LogP contribution in [-0.4, -0.2) is 44.0 Å². The molecule has 7 heteroatoms. The van der Waals surface area contributed by atoms with Gasteiger partial charge < -0.3 is 15.0 Å². The van der Waals surface area contributed by atoms with Gasteiger partial charge in [0.05, 0.1) is 25.0 Å². The molecule has 0 saturated carbocycles. The van der Waals surface area contributed by atoms with Gasteiger partial charge in [-0.2, -0.15) is 0 Å². The van der Waals surface area contributed by atoms with Crippen molar-refractivity contribution in [3.63, 3.8) is 0 Å². The highest BCUT2D eigenvalue weighted by molar-refractivity contribution is 8.00. The minimum atomic E-state index is -0.647. The Hall–Kier alpha value is -1.96. The van der Waals surface area contributed by atoms with Crippen molar-refractivity contribution in [2.45, 2.75) is 23.9 Å². The molecular weight excluding hydrogens is 382 g/mol. The largest absolute Gasteiger partial charge is 0.370 e. The summed E-state index contributed by atoms with van der Waals surface area (Å²) < 4.78 is 32.2. The number of nitrogens with one attached hydrogen (secondary N) is 2. The monoisotopic (exact) mass is 407 g/mol. The Labute approximate surface area is 168 Å². The average Bonchev–Trinajstić information content (AvgIpc) is 2.69. The molecule has 1 amide bonds. The lowest BCUT2D eigenvalue weighted by Gasteiger charge is -2.35. The third-order valence-corrected chi connectivity index (χ3v) is 5.92. The molecule has 0 spiro atoms. The highest BCUT2D eigenvalue weighted by atomic mass is 32.2. The fraction of sp³-hybridized carbons (Fsp3) is 0.381. The van der Waals surface area contributed by atoms with Crippen LogP contribution in [-0.2, 0) is 9.53 Å². The number of halogens is 2. The highest BCUT2D eigenvalue weighted by Crippen LogP contribution is 2.22. The van der Waals surface area contributed by atoms with Crippen molar-refractivity contribution in [3.05, 3.63) is 65.7 Å². The summed E-state index contributed by atoms with van der Waals surface area (Å²) >= 11 is 1.07. The Morgan fingerprint density at radius 1 is 1.18 bits per heavy atom. The van der Waals surface area contributed by atoms with Crippen molar-refractivity contribution in [2.24, 2.45) is 0 Å². The molecule has 0 unspecified atom stereocenters. The highest BCUT2D eigenvalue weighted by Gasteiger charge is 2.32. The van der Waals surface area contributed by atoms with Gasteiger partial charge in [-0.1, -0.05) is 30.3 Å². The SMILES string of the molecule is C[C@@H](NC(=O)CSc1ccc(F)cc1F)[C@H](c1ccccc1)[NH+]1CCOCC1. The van der Waals surface area contributed by atoms with Crippen LogP contribution in [0.1, 0.15) is 18.5 Å². The number of morpholine rings is 1. The summed E-state index contributed by atoms with van der Waals surface area (Å²) in [6.07, 6.45) is 0. The van der Waals surface area contributed by atoms with Gasteiger partial charge in [-0.25, -0.2) is 8.78 Å². The van der Waals surface area contributed by atoms with Crippen molar-refractivity contribution < 1.29 is 23.2 Å². The molecule has 0 aromatic heterocycles. The van der Waals surface area contributed by atoms with Crippen LogP contribution < -0.4 is 10.2 Å². The van der Waals surface area contributed by atoms with E-state index in [9.17, 15) is 13.6 Å². The zero-order chi connectivity index (χ0) is 19.9. The molecule has 0 radical (unpaired) electrons. The molecule has 1 heterocycles. The van der Waals surface area contributed by atoms with Gasteiger partial charge in [0.1, 0.15) is 30.8 Å². The van der Waals surface area contributed by atoms with E-state index in [-0.39, 0.29) is 28.6 Å². The molecular formula is C21H25F2N2O2S+. The molecule has 0 aliphatic carbocycles. The zero-order valence-corrected chi connectivity index (χ0v) is 16.6. The molecule has 2 aromatic rings. The predicted molar refractivity (Wildman–Crippen MR) is 105 cm³/mol. The molecule has 150 valence electrons. The summed E-state index contributed by atoms with van der Waals surface area (Å²) in [5, 5.41) is 3.06. The van der Waals surface area contributed by atoms with E-state index in [1.54, 1.807) is 0 Å². The maximum Gasteiger partial charge on any atom is 0.230 e. The van der Waals surface area contributed by atoms with Gasteiger partial charge in [0.15, 0.2) is 0 Å². The van der Waals surface area contributed by atoms with Crippen LogP contribution in [0.5, 0.6) is 0 Å². The third kappa shape index (κ3) is 5.53. The molecule has 28 heavy (non-hydrogen) atoms. The molecule has 2 atom stereocenters. The smallest absolute Gasteiger partial charge is 0.230 e. The first-order valence-electron chi connectivity index (χ1n) is 9.39. The Morgan fingerprint density at radius 2 is 1.89 bits per heavy atom. The molecule has 4 nitrogen and oxygen atoms in total. The zero-order valence-electron chi connectivity index (χ0n) is 15.8. The number of carbonyl (C=O) groups excluding carboxylic acids is 1. The Morgan fingerprint density at radius 3 is 2.57 bits per heavy atom. The van der Waals surface area contributed by atoms with E-state index >= 15 is 0 Å². The number of hydrogen-bond acceptors (Lipinski definition) is 3. The lowest BCUT2D eigenvalue weighted by Crippen LogP contribution is -3.15. The maximum atomic E-state index is 13.7. The normalized spacial score (nSPS) is 17.1. The first-order valence-corrected chi connectivity index (χ1v) is 10.4. The molecule has 1 saturated heterocycles. The van der Waals surface area contributed by atoms with Crippen molar-refractivity contribution in [1.82, 2.24) is 5.32 Å². The third-order valence-electron chi connectivity index (χ3n) is 4.87. The number of benzene rings is 2. The van der Waals surface area contributed by atoms with Crippen LogP contribution in [0, 0.1) is 11.6 Å². The second kappa shape index (κ2) is 10.0. The summed E-state index contributed by atoms with van der Waals surface area (Å²) in [6, 6.07) is 13.5. The van der Waals surface area contributed by atoms with E-state index in [4.69, 9.17) is 4.74 Å². The molecule has 2 aromatic carbocycles. The summed E-state index contributed by atoms with van der Waals surface area (Å²) in [5.74, 6) is -1.37. The van der Waals surface area contributed by atoms with Gasteiger partial charge in [0.2, 0.25) is 5.91 Å². The Bertz CT molecular complexity index is 785. The van der Waals surface area contributed by atoms with Gasteiger partial charge in [-0.3, -0.25) is 4.79 Å². The number of amides is 1. The first kappa shape index (κ1) is 20.8. The quantitative estimate of drug-likeness (QED) is 0.692. The van der Waals surface area contributed by atoms with Crippen molar-refractivity contribution in [3.8, 4) is 0 Å². The molecule has 2 N–H and O–H groups in total. The lowest BCUT2D eigenvalue weighted by molar-refractivity contribution is -0.940. The van der Waals surface area contributed by atoms with Gasteiger partial charge in [0.25, 0.3) is 0 Å². The van der Waals surface area contributed by atoms with E-state index in [0.29, 0.717) is 13.2 Å². The average molecular weight is 408 g/mol. The summed E-state index contributed by atoms with van der Waals surface area (Å²) in [6.45, 7) is 5.18. The van der Waals surface area contributed by atoms with Crippen LogP contribution in [0.4, 0.5) is 8.78 Å². The second-order valence-corrected chi connectivity index (χ2v) is 7.90. The number of carbonyl (C=O) groups is 1. The van der Waals surface area contributed by atoms with E-state index in [1.165, 1.54) is 22.6 Å². The van der Waals surface area contributed by atoms with Crippen LogP contribution in [0.2, 0.25) is 0 Å². The summed E-state index contributed by atoms with van der Waals surface area (Å²) in [7, 11) is 0. The van der Waals surface area contributed by atoms with Crippen LogP contribution in [0.25, 0.3) is 0 Å². The number of quaternary nitrogens is 1. The van der Waals surface area contributed by atoms with Gasteiger partial charge in [-0.15, -0.1) is 11.8 Å². The number of thioether (sulfide) groups is 1. The fourth-order valence-electron chi connectivity index (χ4n) is 3.60. The molecule has 1 aliphatic heterocycles. The van der Waals surface area contributed by atoms with Gasteiger partial charge >= 0.3 is 0 Å². The first-order chi connectivity index (χ1) is 13.5. The number of rotatable bonds is 7. The standard InChI is InChI=1S/C21H24F2N2O2S/c1-15(24-20(26)14-28-19-8-7-17(22)13-18(19)23)21(16-5-3-2-4-6-16)25-9-11-27-12-10-25/h2-8,13,15,21H,9-12,14H2,1H3,(H,24,26)/p+1/t15-,21-/m1/s1. The van der Waals surface area contributed by atoms with E-state index < -0.39 is 11.6 Å². The van der Waals surface area contributed by atoms with Crippen molar-refractivity contribution in [1.29, 1.82) is 0 Å². The van der Waals surface area contributed by atoms with Crippen LogP contribution in [0.3, 0.4) is 0 Å². The van der Waals surface area contributed by atoms with Gasteiger partial charge in [0, 0.05) is 16.5 Å². The Kier molecular flexibility index (Phi) is 7.42. The second-order valence-electron chi connectivity index (χ2n) is 6.88. The minimum Gasteiger partial charge on any atom is -0.370 e. The maximum absolute atomic E-state index is 13.7. The molecule has 1 aliphatic rings. The van der Waals surface area contributed by atoms with Crippen molar-refractivity contribution in [2.75, 3.05) is 32.1 Å². The van der Waals surface area contributed by atoms with E-state index in [1.807, 2.05) is 25.1 Å². The van der Waals surface area contributed by atoms with E-state index in [0.717, 1.165) is 30.9 Å². The molecule has 0 bridgehead atoms. The molecule has 3 rings (SSSR count). The molecule has 1 fully saturated rings. The topological polar surface area (TPSA) is 42.8 Å². The van der Waals surface area contributed by atoms with Crippen LogP contribution in [0.15, 0.2) is 53.4 Å². The van der Waals surface area contributed by atoms with Crippen molar-refractivity contribution >= 4 is 17.7 Å². The van der Waals surface area contributed by atoms with Gasteiger partial charge in [-0.05, 0) is 19.1 Å². The van der Waals surface area contributed by atoms with Crippen LogP contribution >= 0.6 is 11.8 Å². The lowest BCUT2D eigenvalue weighted by atomic mass is 9.98.